The fraction of sp³-hybridized carbons (Fsp3) is 0.167. The molecule has 4 amide bonds. The number of hydrogen-bond donors (Lipinski definition) is 4. The Bertz CT molecular complexity index is 1310. The van der Waals surface area contributed by atoms with Crippen LogP contribution in [0.1, 0.15) is 43.3 Å². The molecule has 0 aliphatic carbocycles. The molecule has 35 heavy (non-hydrogen) atoms. The summed E-state index contributed by atoms with van der Waals surface area (Å²) in [5.74, 6) is -2.94. The first-order chi connectivity index (χ1) is 16.8. The summed E-state index contributed by atoms with van der Waals surface area (Å²) in [6.45, 7) is 0. The van der Waals surface area contributed by atoms with E-state index in [4.69, 9.17) is 0 Å². The molecule has 178 valence electrons. The van der Waals surface area contributed by atoms with E-state index in [1.54, 1.807) is 0 Å². The summed E-state index contributed by atoms with van der Waals surface area (Å²) in [5, 5.41) is 10.2. The third-order valence-corrected chi connectivity index (χ3v) is 6.81. The summed E-state index contributed by atoms with van der Waals surface area (Å²) in [4.78, 5) is 48.8. The van der Waals surface area contributed by atoms with E-state index >= 15 is 0 Å². The van der Waals surface area contributed by atoms with Gasteiger partial charge in [-0.3, -0.25) is 19.2 Å². The van der Waals surface area contributed by atoms with Gasteiger partial charge in [-0.1, -0.05) is 0 Å². The summed E-state index contributed by atoms with van der Waals surface area (Å²) < 4.78 is 28.9. The van der Waals surface area contributed by atoms with Crippen LogP contribution in [0, 0.1) is 11.6 Å². The molecule has 0 saturated heterocycles. The van der Waals surface area contributed by atoms with Gasteiger partial charge in [0.15, 0.2) is 0 Å². The topological polar surface area (TPSA) is 116 Å². The molecule has 0 unspecified atom stereocenters. The van der Waals surface area contributed by atoms with Gasteiger partial charge in [0.05, 0.1) is 21.1 Å². The fourth-order valence-electron chi connectivity index (χ4n) is 3.94. The highest BCUT2D eigenvalue weighted by molar-refractivity contribution is 7.16. The second-order valence-corrected chi connectivity index (χ2v) is 9.23. The number of nitrogens with one attached hydrogen (secondary N) is 4. The molecule has 2 aliphatic rings. The van der Waals surface area contributed by atoms with Gasteiger partial charge in [0.25, 0.3) is 11.8 Å². The Hall–Kier alpha value is -4.12. The number of hydrogen-bond acceptors (Lipinski definition) is 5. The van der Waals surface area contributed by atoms with Crippen LogP contribution in [-0.2, 0) is 22.4 Å². The number of anilines is 4. The lowest BCUT2D eigenvalue weighted by Gasteiger charge is -2.18. The second-order valence-electron chi connectivity index (χ2n) is 8.15. The zero-order valence-electron chi connectivity index (χ0n) is 18.1. The number of carbonyl (C=O) groups excluding carboxylic acids is 4. The Morgan fingerprint density at radius 1 is 0.714 bits per heavy atom. The van der Waals surface area contributed by atoms with Crippen molar-refractivity contribution in [3.8, 4) is 0 Å². The average Bonchev–Trinajstić information content (AvgIpc) is 3.31. The molecule has 8 nitrogen and oxygen atoms in total. The van der Waals surface area contributed by atoms with Crippen LogP contribution in [0.4, 0.5) is 31.5 Å². The Labute approximate surface area is 201 Å². The first-order valence-corrected chi connectivity index (χ1v) is 11.6. The molecular weight excluding hydrogens is 478 g/mol. The lowest BCUT2D eigenvalue weighted by molar-refractivity contribution is -0.117. The van der Waals surface area contributed by atoms with E-state index in [0.717, 1.165) is 11.3 Å². The first-order valence-electron chi connectivity index (χ1n) is 10.7. The maximum atomic E-state index is 14.5. The SMILES string of the molecule is O=C1CCc2cc(F)c(NC(=O)c3ccc(C(=O)Nc4cc5c(cc4F)CCC(=O)N5)s3)cc2N1. The standard InChI is InChI=1S/C24H18F2N4O4S/c25-13-7-11-1-5-21(31)27-15(11)9-17(13)29-23(33)19-3-4-20(35-19)24(34)30-18-10-16-12(8-14(18)26)2-6-22(32)28-16/h3-4,7-10H,1-2,5-6H2,(H,27,31)(H,28,32)(H,29,33)(H,30,34). The summed E-state index contributed by atoms with van der Waals surface area (Å²) in [5.41, 5.74) is 1.95. The number of fused-ring (bicyclic) bond motifs is 2. The van der Waals surface area contributed by atoms with Crippen molar-refractivity contribution in [3.63, 3.8) is 0 Å². The van der Waals surface area contributed by atoms with Crippen LogP contribution in [-0.4, -0.2) is 23.6 Å². The fourth-order valence-corrected chi connectivity index (χ4v) is 4.74. The van der Waals surface area contributed by atoms with E-state index in [1.807, 2.05) is 0 Å². The molecule has 0 saturated carbocycles. The van der Waals surface area contributed by atoms with Gasteiger partial charge in [-0.25, -0.2) is 8.78 Å². The van der Waals surface area contributed by atoms with Crippen molar-refractivity contribution < 1.29 is 28.0 Å². The van der Waals surface area contributed by atoms with Crippen LogP contribution in [0.25, 0.3) is 0 Å². The number of benzene rings is 2. The lowest BCUT2D eigenvalue weighted by Crippen LogP contribution is -2.20. The predicted molar refractivity (Wildman–Crippen MR) is 127 cm³/mol. The zero-order chi connectivity index (χ0) is 24.7. The van der Waals surface area contributed by atoms with Crippen LogP contribution >= 0.6 is 11.3 Å². The Morgan fingerprint density at radius 3 is 1.57 bits per heavy atom. The van der Waals surface area contributed by atoms with Gasteiger partial charge < -0.3 is 21.3 Å². The van der Waals surface area contributed by atoms with Gasteiger partial charge in [-0.2, -0.15) is 0 Å². The predicted octanol–water partition coefficient (Wildman–Crippen LogP) is 4.30. The molecule has 0 fully saturated rings. The number of amides is 4. The van der Waals surface area contributed by atoms with E-state index < -0.39 is 23.4 Å². The van der Waals surface area contributed by atoms with Crippen LogP contribution in [0.15, 0.2) is 36.4 Å². The van der Waals surface area contributed by atoms with Crippen molar-refractivity contribution in [2.45, 2.75) is 25.7 Å². The second kappa shape index (κ2) is 8.91. The lowest BCUT2D eigenvalue weighted by atomic mass is 10.0. The van der Waals surface area contributed by atoms with E-state index in [9.17, 15) is 28.0 Å². The van der Waals surface area contributed by atoms with E-state index in [1.165, 1.54) is 36.4 Å². The highest BCUT2D eigenvalue weighted by atomic mass is 32.1. The zero-order valence-corrected chi connectivity index (χ0v) is 18.9. The van der Waals surface area contributed by atoms with Gasteiger partial charge in [-0.15, -0.1) is 11.3 Å². The van der Waals surface area contributed by atoms with Crippen molar-refractivity contribution >= 4 is 57.7 Å². The molecule has 11 heteroatoms. The molecule has 2 aromatic carbocycles. The van der Waals surface area contributed by atoms with Crippen molar-refractivity contribution in [2.75, 3.05) is 21.3 Å². The number of rotatable bonds is 4. The van der Waals surface area contributed by atoms with E-state index in [2.05, 4.69) is 21.3 Å². The van der Waals surface area contributed by atoms with Gasteiger partial charge in [0, 0.05) is 24.2 Å². The molecule has 4 N–H and O–H groups in total. The van der Waals surface area contributed by atoms with Crippen molar-refractivity contribution in [1.82, 2.24) is 0 Å². The summed E-state index contributed by atoms with van der Waals surface area (Å²) in [7, 11) is 0. The molecule has 5 rings (SSSR count). The van der Waals surface area contributed by atoms with Crippen molar-refractivity contribution in [1.29, 1.82) is 0 Å². The maximum Gasteiger partial charge on any atom is 0.265 e. The summed E-state index contributed by atoms with van der Waals surface area (Å²) >= 11 is 0.849. The van der Waals surface area contributed by atoms with Crippen molar-refractivity contribution in [3.05, 3.63) is 68.9 Å². The Morgan fingerprint density at radius 2 is 1.14 bits per heavy atom. The molecule has 1 aromatic heterocycles. The van der Waals surface area contributed by atoms with Gasteiger partial charge in [-0.05, 0) is 60.4 Å². The number of thiophene rings is 1. The maximum absolute atomic E-state index is 14.5. The van der Waals surface area contributed by atoms with Crippen LogP contribution < -0.4 is 21.3 Å². The molecule has 3 aromatic rings. The van der Waals surface area contributed by atoms with E-state index in [0.29, 0.717) is 35.3 Å². The summed E-state index contributed by atoms with van der Waals surface area (Å²) in [6, 6.07) is 8.06. The normalized spacial score (nSPS) is 14.3. The largest absolute Gasteiger partial charge is 0.326 e. The molecule has 0 bridgehead atoms. The van der Waals surface area contributed by atoms with Crippen molar-refractivity contribution in [2.24, 2.45) is 0 Å². The third kappa shape index (κ3) is 4.62. The van der Waals surface area contributed by atoms with Crippen LogP contribution in [0.5, 0.6) is 0 Å². The highest BCUT2D eigenvalue weighted by Gasteiger charge is 2.22. The number of halogens is 2. The minimum Gasteiger partial charge on any atom is -0.326 e. The summed E-state index contributed by atoms with van der Waals surface area (Å²) in [6.07, 6.45) is 1.35. The minimum absolute atomic E-state index is 0.103. The Kier molecular flexibility index (Phi) is 5.77. The monoisotopic (exact) mass is 496 g/mol. The van der Waals surface area contributed by atoms with Crippen LogP contribution in [0.2, 0.25) is 0 Å². The quantitative estimate of drug-likeness (QED) is 0.431. The molecule has 0 atom stereocenters. The highest BCUT2D eigenvalue weighted by Crippen LogP contribution is 2.31. The molecule has 3 heterocycles. The molecular formula is C24H18F2N4O4S. The average molecular weight is 496 g/mol. The van der Waals surface area contributed by atoms with E-state index in [-0.39, 0.29) is 45.8 Å². The van der Waals surface area contributed by atoms with Gasteiger partial charge >= 0.3 is 0 Å². The third-order valence-electron chi connectivity index (χ3n) is 5.73. The molecule has 0 radical (unpaired) electrons. The van der Waals surface area contributed by atoms with Crippen LogP contribution in [0.3, 0.4) is 0 Å². The minimum atomic E-state index is -0.641. The molecule has 0 spiro atoms. The smallest absolute Gasteiger partial charge is 0.265 e. The molecule has 2 aliphatic heterocycles. The number of carbonyl (C=O) groups is 4. The van der Waals surface area contributed by atoms with Gasteiger partial charge in [0.1, 0.15) is 11.6 Å². The first kappa shape index (κ1) is 22.7. The number of aryl methyl sites for hydroxylation is 2. The Balaban J connectivity index is 1.30. The van der Waals surface area contributed by atoms with Gasteiger partial charge in [0.2, 0.25) is 11.8 Å².